The third-order valence-corrected chi connectivity index (χ3v) is 3.77. The molecule has 0 saturated carbocycles. The van der Waals surface area contributed by atoms with E-state index in [-0.39, 0.29) is 16.2 Å². The molecule has 0 aliphatic carbocycles. The highest BCUT2D eigenvalue weighted by molar-refractivity contribution is 7.87. The van der Waals surface area contributed by atoms with Crippen LogP contribution in [-0.4, -0.2) is 21.8 Å². The third-order valence-electron chi connectivity index (χ3n) is 2.53. The first-order chi connectivity index (χ1) is 9.55. The molecule has 0 bridgehead atoms. The van der Waals surface area contributed by atoms with Crippen molar-refractivity contribution in [1.82, 2.24) is 0 Å². The lowest BCUT2D eigenvalue weighted by atomic mass is 10.2. The Hall–Kier alpha value is -2.34. The molecule has 104 valence electrons. The molecule has 0 atom stereocenters. The van der Waals surface area contributed by atoms with Crippen molar-refractivity contribution in [2.45, 2.75) is 4.90 Å². The normalized spacial score (nSPS) is 10.8. The standard InChI is InChI=1S/C14H12O5S/c1-18-12-5-3-6-13(9-12)19-20(16,17)14-7-2-4-11(8-14)10-15/h2-10H,1H3. The zero-order valence-electron chi connectivity index (χ0n) is 10.6. The Balaban J connectivity index is 2.32. The smallest absolute Gasteiger partial charge is 0.339 e. The molecule has 0 fully saturated rings. The van der Waals surface area contributed by atoms with Crippen LogP contribution in [0.5, 0.6) is 11.5 Å². The molecule has 0 heterocycles. The van der Waals surface area contributed by atoms with Gasteiger partial charge >= 0.3 is 10.1 Å². The molecular formula is C14H12O5S. The van der Waals surface area contributed by atoms with Crippen LogP contribution in [-0.2, 0) is 10.1 Å². The highest BCUT2D eigenvalue weighted by atomic mass is 32.2. The van der Waals surface area contributed by atoms with E-state index in [4.69, 9.17) is 8.92 Å². The fourth-order valence-electron chi connectivity index (χ4n) is 1.57. The van der Waals surface area contributed by atoms with Crippen LogP contribution in [0.1, 0.15) is 10.4 Å². The van der Waals surface area contributed by atoms with Gasteiger partial charge in [-0.3, -0.25) is 4.79 Å². The largest absolute Gasteiger partial charge is 0.497 e. The second-order valence-corrected chi connectivity index (χ2v) is 5.45. The van der Waals surface area contributed by atoms with Gasteiger partial charge < -0.3 is 8.92 Å². The van der Waals surface area contributed by atoms with E-state index in [0.29, 0.717) is 12.0 Å². The van der Waals surface area contributed by atoms with E-state index in [9.17, 15) is 13.2 Å². The zero-order chi connectivity index (χ0) is 14.6. The van der Waals surface area contributed by atoms with E-state index in [1.54, 1.807) is 12.1 Å². The lowest BCUT2D eigenvalue weighted by molar-refractivity contribution is 0.112. The number of hydrogen-bond acceptors (Lipinski definition) is 5. The minimum Gasteiger partial charge on any atom is -0.497 e. The van der Waals surface area contributed by atoms with E-state index in [0.717, 1.165) is 0 Å². The van der Waals surface area contributed by atoms with Crippen LogP contribution in [0.25, 0.3) is 0 Å². The highest BCUT2D eigenvalue weighted by Crippen LogP contribution is 2.23. The summed E-state index contributed by atoms with van der Waals surface area (Å²) in [6, 6.07) is 11.9. The van der Waals surface area contributed by atoms with Crippen molar-refractivity contribution in [2.75, 3.05) is 7.11 Å². The number of methoxy groups -OCH3 is 1. The summed E-state index contributed by atoms with van der Waals surface area (Å²) in [6.07, 6.45) is 0.574. The number of rotatable bonds is 5. The van der Waals surface area contributed by atoms with Crippen molar-refractivity contribution in [1.29, 1.82) is 0 Å². The van der Waals surface area contributed by atoms with Gasteiger partial charge in [-0.2, -0.15) is 8.42 Å². The summed E-state index contributed by atoms with van der Waals surface area (Å²) in [6.45, 7) is 0. The Morgan fingerprint density at radius 2 is 1.70 bits per heavy atom. The van der Waals surface area contributed by atoms with Gasteiger partial charge in [-0.1, -0.05) is 18.2 Å². The third kappa shape index (κ3) is 3.16. The molecule has 6 heteroatoms. The van der Waals surface area contributed by atoms with Crippen molar-refractivity contribution in [3.8, 4) is 11.5 Å². The predicted molar refractivity (Wildman–Crippen MR) is 72.6 cm³/mol. The molecule has 2 aromatic rings. The molecule has 5 nitrogen and oxygen atoms in total. The van der Waals surface area contributed by atoms with E-state index < -0.39 is 10.1 Å². The minimum atomic E-state index is -3.99. The van der Waals surface area contributed by atoms with Gasteiger partial charge in [0.25, 0.3) is 0 Å². The maximum atomic E-state index is 12.1. The molecule has 0 radical (unpaired) electrons. The quantitative estimate of drug-likeness (QED) is 0.624. The second-order valence-electron chi connectivity index (χ2n) is 3.91. The van der Waals surface area contributed by atoms with Crippen LogP contribution in [0.2, 0.25) is 0 Å². The van der Waals surface area contributed by atoms with Gasteiger partial charge in [-0.05, 0) is 24.3 Å². The average Bonchev–Trinajstić information content (AvgIpc) is 2.47. The molecule has 2 rings (SSSR count). The van der Waals surface area contributed by atoms with Crippen LogP contribution in [0.4, 0.5) is 0 Å². The van der Waals surface area contributed by atoms with Gasteiger partial charge in [0.1, 0.15) is 22.7 Å². The first kappa shape index (κ1) is 14.1. The monoisotopic (exact) mass is 292 g/mol. The first-order valence-corrected chi connectivity index (χ1v) is 7.10. The number of carbonyl (C=O) groups excluding carboxylic acids is 1. The van der Waals surface area contributed by atoms with Gasteiger partial charge in [0.15, 0.2) is 0 Å². The molecule has 20 heavy (non-hydrogen) atoms. The van der Waals surface area contributed by atoms with E-state index >= 15 is 0 Å². The maximum Gasteiger partial charge on any atom is 0.339 e. The Morgan fingerprint density at radius 3 is 2.40 bits per heavy atom. The van der Waals surface area contributed by atoms with E-state index in [1.807, 2.05) is 0 Å². The lowest BCUT2D eigenvalue weighted by Gasteiger charge is -2.08. The first-order valence-electron chi connectivity index (χ1n) is 5.69. The Kier molecular flexibility index (Phi) is 4.05. The SMILES string of the molecule is COc1cccc(OS(=O)(=O)c2cccc(C=O)c2)c1. The predicted octanol–water partition coefficient (Wildman–Crippen LogP) is 2.28. The van der Waals surface area contributed by atoms with E-state index in [2.05, 4.69) is 0 Å². The van der Waals surface area contributed by atoms with Crippen LogP contribution in [0.3, 0.4) is 0 Å². The molecule has 0 N–H and O–H groups in total. The number of aldehydes is 1. The topological polar surface area (TPSA) is 69.7 Å². The fourth-order valence-corrected chi connectivity index (χ4v) is 2.55. The van der Waals surface area contributed by atoms with Crippen LogP contribution >= 0.6 is 0 Å². The molecular weight excluding hydrogens is 280 g/mol. The molecule has 0 aliphatic heterocycles. The van der Waals surface area contributed by atoms with Gasteiger partial charge in [-0.25, -0.2) is 0 Å². The molecule has 0 amide bonds. The summed E-state index contributed by atoms with van der Waals surface area (Å²) in [7, 11) is -2.51. The van der Waals surface area contributed by atoms with Crippen LogP contribution in [0.15, 0.2) is 53.4 Å². The maximum absolute atomic E-state index is 12.1. The number of ether oxygens (including phenoxy) is 1. The summed E-state index contributed by atoms with van der Waals surface area (Å²) >= 11 is 0. The van der Waals surface area contributed by atoms with Crippen molar-refractivity contribution < 1.29 is 22.1 Å². The Bertz CT molecular complexity index is 722. The van der Waals surface area contributed by atoms with Gasteiger partial charge in [0, 0.05) is 11.6 Å². The summed E-state index contributed by atoms with van der Waals surface area (Å²) in [5.74, 6) is 0.625. The zero-order valence-corrected chi connectivity index (χ0v) is 11.5. The summed E-state index contributed by atoms with van der Waals surface area (Å²) in [5, 5.41) is 0. The summed E-state index contributed by atoms with van der Waals surface area (Å²) in [4.78, 5) is 10.6. The van der Waals surface area contributed by atoms with Crippen LogP contribution in [0, 0.1) is 0 Å². The molecule has 0 unspecified atom stereocenters. The highest BCUT2D eigenvalue weighted by Gasteiger charge is 2.17. The summed E-state index contributed by atoms with van der Waals surface area (Å²) < 4.78 is 34.2. The van der Waals surface area contributed by atoms with Gasteiger partial charge in [0.05, 0.1) is 7.11 Å². The van der Waals surface area contributed by atoms with Crippen LogP contribution < -0.4 is 8.92 Å². The second kappa shape index (κ2) is 5.75. The Morgan fingerprint density at radius 1 is 1.00 bits per heavy atom. The molecule has 0 aliphatic rings. The van der Waals surface area contributed by atoms with Gasteiger partial charge in [0.2, 0.25) is 0 Å². The molecule has 2 aromatic carbocycles. The number of benzene rings is 2. The number of carbonyl (C=O) groups is 1. The number of hydrogen-bond donors (Lipinski definition) is 0. The lowest BCUT2D eigenvalue weighted by Crippen LogP contribution is -2.10. The van der Waals surface area contributed by atoms with Crippen molar-refractivity contribution in [3.05, 3.63) is 54.1 Å². The van der Waals surface area contributed by atoms with E-state index in [1.165, 1.54) is 43.5 Å². The summed E-state index contributed by atoms with van der Waals surface area (Å²) in [5.41, 5.74) is 0.264. The van der Waals surface area contributed by atoms with Gasteiger partial charge in [-0.15, -0.1) is 0 Å². The van der Waals surface area contributed by atoms with Crippen molar-refractivity contribution in [3.63, 3.8) is 0 Å². The van der Waals surface area contributed by atoms with Crippen molar-refractivity contribution >= 4 is 16.4 Å². The average molecular weight is 292 g/mol. The molecule has 0 aromatic heterocycles. The van der Waals surface area contributed by atoms with Crippen molar-refractivity contribution in [2.24, 2.45) is 0 Å². The Labute approximate surface area is 116 Å². The fraction of sp³-hybridized carbons (Fsp3) is 0.0714. The minimum absolute atomic E-state index is 0.0788. The molecule has 0 saturated heterocycles. The molecule has 0 spiro atoms.